The van der Waals surface area contributed by atoms with Crippen LogP contribution in [-0.2, 0) is 17.6 Å². The minimum Gasteiger partial charge on any atom is -0.483 e. The maximum atomic E-state index is 12.9. The highest BCUT2D eigenvalue weighted by Gasteiger charge is 2.26. The first-order valence-corrected chi connectivity index (χ1v) is 9.96. The van der Waals surface area contributed by atoms with Crippen LogP contribution in [0, 0.1) is 0 Å². The lowest BCUT2D eigenvalue weighted by Crippen LogP contribution is -2.38. The molecule has 0 saturated carbocycles. The van der Waals surface area contributed by atoms with Crippen molar-refractivity contribution in [2.45, 2.75) is 45.6 Å². The topological polar surface area (TPSA) is 55.8 Å². The SMILES string of the molecule is CCN1C(=O)COc2ccc(C(=O)C(C)Oc3ccc4c(c3)CCCC4)cc21. The number of aryl methyl sites for hydroxylation is 2. The van der Waals surface area contributed by atoms with Crippen LogP contribution in [0.4, 0.5) is 5.69 Å². The number of fused-ring (bicyclic) bond motifs is 2. The predicted octanol–water partition coefficient (Wildman–Crippen LogP) is 3.96. The summed E-state index contributed by atoms with van der Waals surface area (Å²) < 4.78 is 11.4. The Labute approximate surface area is 165 Å². The molecule has 4 rings (SSSR count). The van der Waals surface area contributed by atoms with E-state index >= 15 is 0 Å². The summed E-state index contributed by atoms with van der Waals surface area (Å²) in [6.45, 7) is 4.24. The van der Waals surface area contributed by atoms with Gasteiger partial charge >= 0.3 is 0 Å². The Bertz CT molecular complexity index is 921. The molecule has 2 aliphatic rings. The summed E-state index contributed by atoms with van der Waals surface area (Å²) in [6.07, 6.45) is 4.01. The average molecular weight is 379 g/mol. The number of ether oxygens (including phenoxy) is 2. The Balaban J connectivity index is 1.53. The summed E-state index contributed by atoms with van der Waals surface area (Å²) in [4.78, 5) is 26.6. The van der Waals surface area contributed by atoms with Crippen molar-refractivity contribution in [2.75, 3.05) is 18.1 Å². The van der Waals surface area contributed by atoms with Gasteiger partial charge in [0, 0.05) is 12.1 Å². The van der Waals surface area contributed by atoms with Gasteiger partial charge in [-0.3, -0.25) is 9.59 Å². The summed E-state index contributed by atoms with van der Waals surface area (Å²) in [5.41, 5.74) is 3.87. The normalized spacial score (nSPS) is 16.6. The molecule has 0 bridgehead atoms. The smallest absolute Gasteiger partial charge is 0.265 e. The fourth-order valence-corrected chi connectivity index (χ4v) is 3.98. The molecular formula is C23H25NO4. The second-order valence-electron chi connectivity index (χ2n) is 7.37. The van der Waals surface area contributed by atoms with Crippen LogP contribution in [0.1, 0.15) is 48.2 Å². The van der Waals surface area contributed by atoms with E-state index in [1.165, 1.54) is 24.0 Å². The van der Waals surface area contributed by atoms with Gasteiger partial charge in [-0.25, -0.2) is 0 Å². The number of carbonyl (C=O) groups excluding carboxylic acids is 2. The van der Waals surface area contributed by atoms with E-state index < -0.39 is 6.10 Å². The van der Waals surface area contributed by atoms with Crippen LogP contribution in [0.5, 0.6) is 11.5 Å². The molecule has 1 heterocycles. The van der Waals surface area contributed by atoms with Crippen molar-refractivity contribution in [3.8, 4) is 11.5 Å². The highest BCUT2D eigenvalue weighted by molar-refractivity contribution is 6.03. The van der Waals surface area contributed by atoms with Gasteiger partial charge in [-0.15, -0.1) is 0 Å². The van der Waals surface area contributed by atoms with E-state index in [1.807, 2.05) is 13.0 Å². The van der Waals surface area contributed by atoms with Crippen molar-refractivity contribution in [2.24, 2.45) is 0 Å². The number of hydrogen-bond acceptors (Lipinski definition) is 4. The van der Waals surface area contributed by atoms with Gasteiger partial charge in [0.05, 0.1) is 5.69 Å². The molecule has 146 valence electrons. The molecule has 1 amide bonds. The van der Waals surface area contributed by atoms with E-state index in [9.17, 15) is 9.59 Å². The molecule has 0 N–H and O–H groups in total. The Morgan fingerprint density at radius 2 is 1.93 bits per heavy atom. The van der Waals surface area contributed by atoms with Crippen LogP contribution in [0.15, 0.2) is 36.4 Å². The second kappa shape index (κ2) is 7.66. The number of hydrogen-bond donors (Lipinski definition) is 0. The van der Waals surface area contributed by atoms with Crippen LogP contribution in [0.2, 0.25) is 0 Å². The first kappa shape index (κ1) is 18.5. The lowest BCUT2D eigenvalue weighted by molar-refractivity contribution is -0.121. The molecule has 0 spiro atoms. The van der Waals surface area contributed by atoms with Gasteiger partial charge in [0.25, 0.3) is 5.91 Å². The summed E-state index contributed by atoms with van der Waals surface area (Å²) in [5, 5.41) is 0. The van der Waals surface area contributed by atoms with Crippen molar-refractivity contribution >= 4 is 17.4 Å². The van der Waals surface area contributed by atoms with Crippen LogP contribution in [0.3, 0.4) is 0 Å². The molecule has 1 aliphatic carbocycles. The van der Waals surface area contributed by atoms with Crippen molar-refractivity contribution in [3.63, 3.8) is 0 Å². The van der Waals surface area contributed by atoms with Gasteiger partial charge in [0.2, 0.25) is 5.78 Å². The number of benzene rings is 2. The first-order valence-electron chi connectivity index (χ1n) is 9.96. The molecule has 5 heteroatoms. The zero-order valence-electron chi connectivity index (χ0n) is 16.4. The molecule has 5 nitrogen and oxygen atoms in total. The second-order valence-corrected chi connectivity index (χ2v) is 7.37. The number of carbonyl (C=O) groups is 2. The van der Waals surface area contributed by atoms with E-state index in [0.717, 1.165) is 18.6 Å². The molecule has 0 fully saturated rings. The molecule has 1 atom stereocenters. The number of Topliss-reactive ketones (excluding diaryl/α,β-unsaturated/α-hetero) is 1. The lowest BCUT2D eigenvalue weighted by Gasteiger charge is -2.28. The van der Waals surface area contributed by atoms with Crippen LogP contribution in [-0.4, -0.2) is 30.9 Å². The van der Waals surface area contributed by atoms with E-state index in [2.05, 4.69) is 12.1 Å². The molecule has 0 aromatic heterocycles. The highest BCUT2D eigenvalue weighted by atomic mass is 16.5. The van der Waals surface area contributed by atoms with Gasteiger partial charge in [0.1, 0.15) is 11.5 Å². The molecular weight excluding hydrogens is 354 g/mol. The summed E-state index contributed by atoms with van der Waals surface area (Å²) in [7, 11) is 0. The summed E-state index contributed by atoms with van der Waals surface area (Å²) >= 11 is 0. The number of anilines is 1. The van der Waals surface area contributed by atoms with E-state index in [-0.39, 0.29) is 18.3 Å². The monoisotopic (exact) mass is 379 g/mol. The third-order valence-corrected chi connectivity index (χ3v) is 5.50. The molecule has 2 aromatic carbocycles. The number of amides is 1. The average Bonchev–Trinajstić information content (AvgIpc) is 2.72. The number of ketones is 1. The maximum Gasteiger partial charge on any atom is 0.265 e. The maximum absolute atomic E-state index is 12.9. The minimum atomic E-state index is -0.616. The van der Waals surface area contributed by atoms with E-state index in [0.29, 0.717) is 23.5 Å². The van der Waals surface area contributed by atoms with Gasteiger partial charge < -0.3 is 14.4 Å². The largest absolute Gasteiger partial charge is 0.483 e. The third-order valence-electron chi connectivity index (χ3n) is 5.50. The van der Waals surface area contributed by atoms with Crippen molar-refractivity contribution in [1.82, 2.24) is 0 Å². The Morgan fingerprint density at radius 1 is 1.14 bits per heavy atom. The molecule has 0 saturated heterocycles. The zero-order valence-corrected chi connectivity index (χ0v) is 16.4. The van der Waals surface area contributed by atoms with E-state index in [1.54, 1.807) is 30.0 Å². The van der Waals surface area contributed by atoms with Crippen LogP contribution >= 0.6 is 0 Å². The third kappa shape index (κ3) is 3.49. The zero-order chi connectivity index (χ0) is 19.7. The Hall–Kier alpha value is -2.82. The van der Waals surface area contributed by atoms with Crippen LogP contribution < -0.4 is 14.4 Å². The van der Waals surface area contributed by atoms with Gasteiger partial charge in [-0.1, -0.05) is 6.07 Å². The quantitative estimate of drug-likeness (QED) is 0.738. The summed E-state index contributed by atoms with van der Waals surface area (Å²) in [5.74, 6) is 1.14. The van der Waals surface area contributed by atoms with E-state index in [4.69, 9.17) is 9.47 Å². The van der Waals surface area contributed by atoms with Crippen molar-refractivity contribution in [3.05, 3.63) is 53.1 Å². The Kier molecular flexibility index (Phi) is 5.07. The number of rotatable bonds is 5. The van der Waals surface area contributed by atoms with Gasteiger partial charge in [-0.05, 0) is 81.0 Å². The lowest BCUT2D eigenvalue weighted by atomic mass is 9.92. The molecule has 1 unspecified atom stereocenters. The fraction of sp³-hybridized carbons (Fsp3) is 0.391. The van der Waals surface area contributed by atoms with Crippen molar-refractivity contribution < 1.29 is 19.1 Å². The van der Waals surface area contributed by atoms with Gasteiger partial charge in [0.15, 0.2) is 12.7 Å². The summed E-state index contributed by atoms with van der Waals surface area (Å²) in [6, 6.07) is 11.3. The highest BCUT2D eigenvalue weighted by Crippen LogP contribution is 2.33. The molecule has 2 aromatic rings. The van der Waals surface area contributed by atoms with Crippen molar-refractivity contribution in [1.29, 1.82) is 0 Å². The van der Waals surface area contributed by atoms with Gasteiger partial charge in [-0.2, -0.15) is 0 Å². The number of likely N-dealkylation sites (N-methyl/N-ethyl adjacent to an activating group) is 1. The molecule has 0 radical (unpaired) electrons. The Morgan fingerprint density at radius 3 is 2.71 bits per heavy atom. The predicted molar refractivity (Wildman–Crippen MR) is 107 cm³/mol. The van der Waals surface area contributed by atoms with Crippen LogP contribution in [0.25, 0.3) is 0 Å². The standard InChI is InChI=1S/C23H25NO4/c1-3-24-20-13-18(9-11-21(20)27-14-22(24)25)23(26)15(2)28-19-10-8-16-6-4-5-7-17(16)12-19/h8-13,15H,3-7,14H2,1-2H3. The molecule has 28 heavy (non-hydrogen) atoms. The molecule has 1 aliphatic heterocycles. The fourth-order valence-electron chi connectivity index (χ4n) is 3.98. The first-order chi connectivity index (χ1) is 13.6. The number of nitrogens with zero attached hydrogens (tertiary/aromatic N) is 1. The minimum absolute atomic E-state index is 0.0337.